The lowest BCUT2D eigenvalue weighted by atomic mass is 9.97. The van der Waals surface area contributed by atoms with Gasteiger partial charge < -0.3 is 14.8 Å². The Morgan fingerprint density at radius 3 is 2.83 bits per heavy atom. The van der Waals surface area contributed by atoms with Gasteiger partial charge in [-0.25, -0.2) is 15.0 Å². The summed E-state index contributed by atoms with van der Waals surface area (Å²) in [6.07, 6.45) is 8.09. The third-order valence-corrected chi connectivity index (χ3v) is 6.01. The van der Waals surface area contributed by atoms with Crippen molar-refractivity contribution in [1.82, 2.24) is 19.5 Å². The Morgan fingerprint density at radius 2 is 1.93 bits per heavy atom. The van der Waals surface area contributed by atoms with E-state index in [1.165, 1.54) is 19.3 Å². The molecule has 29 heavy (non-hydrogen) atoms. The minimum atomic E-state index is -0.0607. The van der Waals surface area contributed by atoms with Gasteiger partial charge >= 0.3 is 0 Å². The molecule has 7 nitrogen and oxygen atoms in total. The highest BCUT2D eigenvalue weighted by Gasteiger charge is 2.29. The van der Waals surface area contributed by atoms with E-state index in [2.05, 4.69) is 24.8 Å². The molecule has 0 radical (unpaired) electrons. The van der Waals surface area contributed by atoms with E-state index in [4.69, 9.17) is 4.98 Å². The third-order valence-electron chi connectivity index (χ3n) is 6.01. The summed E-state index contributed by atoms with van der Waals surface area (Å²) >= 11 is 0. The second-order valence-electron chi connectivity index (χ2n) is 8.00. The molecule has 4 heterocycles. The lowest BCUT2D eigenvalue weighted by Crippen LogP contribution is -2.41. The van der Waals surface area contributed by atoms with Crippen LogP contribution in [0, 0.1) is 5.92 Å². The first-order chi connectivity index (χ1) is 14.3. The SMILES string of the molecule is O=C(Nc1ccccc1)C1CCCN(c2ncnc3c2nc2n3CCCCC2)C1. The molecule has 2 aliphatic rings. The third kappa shape index (κ3) is 3.57. The molecule has 7 heteroatoms. The summed E-state index contributed by atoms with van der Waals surface area (Å²) in [4.78, 5) is 29.1. The number of carbonyl (C=O) groups is 1. The van der Waals surface area contributed by atoms with Crippen LogP contribution >= 0.6 is 0 Å². The Bertz CT molecular complexity index is 1010. The van der Waals surface area contributed by atoms with Gasteiger partial charge in [0.1, 0.15) is 12.2 Å². The standard InChI is InChI=1S/C22H26N6O/c29-22(25-17-9-3-1-4-10-17)16-8-7-12-27(14-16)20-19-21(24-15-23-20)28-13-6-2-5-11-18(28)26-19/h1,3-4,9-10,15-16H,2,5-8,11-14H2,(H,25,29). The number of hydrogen-bond acceptors (Lipinski definition) is 5. The van der Waals surface area contributed by atoms with Crippen molar-refractivity contribution < 1.29 is 4.79 Å². The molecule has 2 aliphatic heterocycles. The van der Waals surface area contributed by atoms with Gasteiger partial charge in [-0.05, 0) is 37.8 Å². The fourth-order valence-electron chi connectivity index (χ4n) is 4.51. The molecule has 1 fully saturated rings. The molecule has 1 aromatic carbocycles. The molecule has 0 saturated carbocycles. The predicted octanol–water partition coefficient (Wildman–Crippen LogP) is 3.41. The number of carbonyl (C=O) groups excluding carboxylic acids is 1. The Balaban J connectivity index is 1.39. The minimum absolute atomic E-state index is 0.0607. The van der Waals surface area contributed by atoms with Gasteiger partial charge in [0.05, 0.1) is 5.92 Å². The number of para-hydroxylation sites is 1. The molecule has 150 valence electrons. The van der Waals surface area contributed by atoms with Crippen molar-refractivity contribution in [2.24, 2.45) is 5.92 Å². The first kappa shape index (κ1) is 18.1. The highest BCUT2D eigenvalue weighted by Crippen LogP contribution is 2.29. The van der Waals surface area contributed by atoms with Crippen LogP contribution in [-0.4, -0.2) is 38.5 Å². The first-order valence-corrected chi connectivity index (χ1v) is 10.6. The zero-order valence-corrected chi connectivity index (χ0v) is 16.5. The maximum absolute atomic E-state index is 12.8. The van der Waals surface area contributed by atoms with Gasteiger partial charge in [-0.3, -0.25) is 4.79 Å². The lowest BCUT2D eigenvalue weighted by Gasteiger charge is -2.32. The Labute approximate surface area is 170 Å². The Morgan fingerprint density at radius 1 is 1.03 bits per heavy atom. The summed E-state index contributed by atoms with van der Waals surface area (Å²) in [5, 5.41) is 3.05. The fourth-order valence-corrected chi connectivity index (χ4v) is 4.51. The van der Waals surface area contributed by atoms with Crippen LogP contribution in [0.4, 0.5) is 11.5 Å². The second-order valence-corrected chi connectivity index (χ2v) is 8.00. The molecule has 2 aromatic heterocycles. The monoisotopic (exact) mass is 390 g/mol. The number of aromatic nitrogens is 4. The first-order valence-electron chi connectivity index (χ1n) is 10.6. The van der Waals surface area contributed by atoms with E-state index in [0.29, 0.717) is 6.54 Å². The normalized spacial score (nSPS) is 19.6. The molecule has 0 spiro atoms. The Hall–Kier alpha value is -2.96. The van der Waals surface area contributed by atoms with Gasteiger partial charge in [-0.2, -0.15) is 0 Å². The van der Waals surface area contributed by atoms with Crippen molar-refractivity contribution in [3.63, 3.8) is 0 Å². The van der Waals surface area contributed by atoms with E-state index < -0.39 is 0 Å². The van der Waals surface area contributed by atoms with Crippen LogP contribution < -0.4 is 10.2 Å². The van der Waals surface area contributed by atoms with Crippen molar-refractivity contribution in [3.8, 4) is 0 Å². The number of fused-ring (bicyclic) bond motifs is 3. The average molecular weight is 390 g/mol. The maximum atomic E-state index is 12.8. The molecule has 1 atom stereocenters. The second kappa shape index (κ2) is 7.81. The van der Waals surface area contributed by atoms with E-state index in [-0.39, 0.29) is 11.8 Å². The molecule has 1 N–H and O–H groups in total. The van der Waals surface area contributed by atoms with Crippen molar-refractivity contribution >= 4 is 28.6 Å². The number of nitrogens with one attached hydrogen (secondary N) is 1. The topological polar surface area (TPSA) is 75.9 Å². The van der Waals surface area contributed by atoms with E-state index in [1.54, 1.807) is 6.33 Å². The maximum Gasteiger partial charge on any atom is 0.229 e. The van der Waals surface area contributed by atoms with Gasteiger partial charge in [0.15, 0.2) is 17.0 Å². The summed E-state index contributed by atoms with van der Waals surface area (Å²) in [7, 11) is 0. The molecule has 0 aliphatic carbocycles. The largest absolute Gasteiger partial charge is 0.354 e. The van der Waals surface area contributed by atoms with Crippen molar-refractivity contribution in [2.75, 3.05) is 23.3 Å². The number of anilines is 2. The smallest absolute Gasteiger partial charge is 0.229 e. The Kier molecular flexibility index (Phi) is 4.87. The number of imidazole rings is 1. The van der Waals surface area contributed by atoms with Gasteiger partial charge in [0.2, 0.25) is 5.91 Å². The highest BCUT2D eigenvalue weighted by molar-refractivity contribution is 5.93. The van der Waals surface area contributed by atoms with E-state index >= 15 is 0 Å². The number of nitrogens with zero attached hydrogens (tertiary/aromatic N) is 5. The summed E-state index contributed by atoms with van der Waals surface area (Å²) in [6, 6.07) is 9.66. The van der Waals surface area contributed by atoms with Gasteiger partial charge in [-0.15, -0.1) is 0 Å². The van der Waals surface area contributed by atoms with Crippen LogP contribution in [0.1, 0.15) is 37.9 Å². The molecular weight excluding hydrogens is 364 g/mol. The molecule has 1 unspecified atom stereocenters. The van der Waals surface area contributed by atoms with Crippen molar-refractivity contribution in [1.29, 1.82) is 0 Å². The summed E-state index contributed by atoms with van der Waals surface area (Å²) < 4.78 is 2.26. The van der Waals surface area contributed by atoms with E-state index in [1.807, 2.05) is 30.3 Å². The molecule has 0 bridgehead atoms. The van der Waals surface area contributed by atoms with Gasteiger partial charge in [0.25, 0.3) is 0 Å². The van der Waals surface area contributed by atoms with Gasteiger partial charge in [-0.1, -0.05) is 24.6 Å². The van der Waals surface area contributed by atoms with Crippen LogP contribution in [0.15, 0.2) is 36.7 Å². The summed E-state index contributed by atoms with van der Waals surface area (Å²) in [6.45, 7) is 2.53. The quantitative estimate of drug-likeness (QED) is 0.742. The number of piperidine rings is 1. The zero-order chi connectivity index (χ0) is 19.6. The van der Waals surface area contributed by atoms with Gasteiger partial charge in [0, 0.05) is 31.7 Å². The molecule has 1 amide bonds. The summed E-state index contributed by atoms with van der Waals surface area (Å²) in [5.41, 5.74) is 2.66. The minimum Gasteiger partial charge on any atom is -0.354 e. The van der Waals surface area contributed by atoms with Crippen LogP contribution in [0.5, 0.6) is 0 Å². The number of hydrogen-bond donors (Lipinski definition) is 1. The molecular formula is C22H26N6O. The van der Waals surface area contributed by atoms with Crippen LogP contribution in [0.2, 0.25) is 0 Å². The van der Waals surface area contributed by atoms with Crippen LogP contribution in [0.3, 0.4) is 0 Å². The zero-order valence-electron chi connectivity index (χ0n) is 16.5. The fraction of sp³-hybridized carbons (Fsp3) is 0.455. The molecule has 1 saturated heterocycles. The molecule has 5 rings (SSSR count). The highest BCUT2D eigenvalue weighted by atomic mass is 16.1. The average Bonchev–Trinajstić information content (AvgIpc) is 2.95. The number of aryl methyl sites for hydroxylation is 2. The van der Waals surface area contributed by atoms with Crippen molar-refractivity contribution in [2.45, 2.75) is 45.1 Å². The molecule has 3 aromatic rings. The number of rotatable bonds is 3. The van der Waals surface area contributed by atoms with E-state index in [0.717, 1.165) is 60.8 Å². The van der Waals surface area contributed by atoms with Crippen molar-refractivity contribution in [3.05, 3.63) is 42.5 Å². The van der Waals surface area contributed by atoms with E-state index in [9.17, 15) is 4.79 Å². The number of benzene rings is 1. The van der Waals surface area contributed by atoms with Crippen LogP contribution in [-0.2, 0) is 17.8 Å². The predicted molar refractivity (Wildman–Crippen MR) is 113 cm³/mol. The number of amides is 1. The lowest BCUT2D eigenvalue weighted by molar-refractivity contribution is -0.120. The van der Waals surface area contributed by atoms with Crippen LogP contribution in [0.25, 0.3) is 11.2 Å². The summed E-state index contributed by atoms with van der Waals surface area (Å²) in [5.74, 6) is 2.00.